The number of halogens is 3. The molecule has 0 aliphatic carbocycles. The molecule has 2 atom stereocenters. The molecule has 0 saturated carbocycles. The molecule has 0 fully saturated rings. The van der Waals surface area contributed by atoms with E-state index in [0.29, 0.717) is 22.0 Å². The monoisotopic (exact) mass is 489 g/mol. The van der Waals surface area contributed by atoms with Crippen molar-refractivity contribution in [2.75, 3.05) is 6.61 Å². The molecule has 1 amide bonds. The highest BCUT2D eigenvalue weighted by Crippen LogP contribution is 2.45. The number of benzene rings is 1. The molecule has 4 rings (SSSR count). The van der Waals surface area contributed by atoms with E-state index in [0.717, 1.165) is 12.1 Å². The summed E-state index contributed by atoms with van der Waals surface area (Å²) in [6.45, 7) is 2.88. The molecule has 2 aromatic heterocycles. The number of amides is 1. The van der Waals surface area contributed by atoms with Crippen LogP contribution < -0.4 is 10.7 Å². The lowest BCUT2D eigenvalue weighted by molar-refractivity contribution is -0.137. The predicted molar refractivity (Wildman–Crippen MR) is 122 cm³/mol. The number of hydrogen-bond donors (Lipinski definition) is 2. The first-order chi connectivity index (χ1) is 16.1. The largest absolute Gasteiger partial charge is 0.416 e. The first-order valence-corrected chi connectivity index (χ1v) is 11.4. The van der Waals surface area contributed by atoms with Crippen LogP contribution in [0.4, 0.5) is 13.2 Å². The zero-order valence-electron chi connectivity index (χ0n) is 18.4. The van der Waals surface area contributed by atoms with Gasteiger partial charge in [0.05, 0.1) is 28.8 Å². The molecule has 0 bridgehead atoms. The van der Waals surface area contributed by atoms with Crippen LogP contribution in [0.15, 0.2) is 58.4 Å². The summed E-state index contributed by atoms with van der Waals surface area (Å²) in [5.74, 6) is -0.685. The smallest absolute Gasteiger partial charge is 0.394 e. The molecule has 0 spiro atoms. The zero-order valence-corrected chi connectivity index (χ0v) is 19.2. The van der Waals surface area contributed by atoms with E-state index >= 15 is 0 Å². The van der Waals surface area contributed by atoms with Crippen LogP contribution >= 0.6 is 11.8 Å². The second-order valence-corrected chi connectivity index (χ2v) is 9.35. The Labute approximate surface area is 197 Å². The van der Waals surface area contributed by atoms with Crippen molar-refractivity contribution in [3.05, 3.63) is 87.1 Å². The number of nitrogens with one attached hydrogen (secondary N) is 1. The molecule has 6 nitrogen and oxygen atoms in total. The highest BCUT2D eigenvalue weighted by atomic mass is 32.2. The number of nitrogens with zero attached hydrogens (tertiary/aromatic N) is 2. The highest BCUT2D eigenvalue weighted by molar-refractivity contribution is 7.99. The Morgan fingerprint density at radius 2 is 2.06 bits per heavy atom. The average molecular weight is 490 g/mol. The van der Waals surface area contributed by atoms with Gasteiger partial charge in [0.2, 0.25) is 0 Å². The van der Waals surface area contributed by atoms with Gasteiger partial charge in [0.1, 0.15) is 5.56 Å². The molecule has 0 radical (unpaired) electrons. The third kappa shape index (κ3) is 4.60. The molecule has 1 aliphatic rings. The van der Waals surface area contributed by atoms with Crippen LogP contribution in [0.3, 0.4) is 0 Å². The predicted octanol–water partition coefficient (Wildman–Crippen LogP) is 4.06. The van der Waals surface area contributed by atoms with E-state index in [-0.39, 0.29) is 29.5 Å². The Bertz CT molecular complexity index is 1290. The number of pyridine rings is 2. The highest BCUT2D eigenvalue weighted by Gasteiger charge is 2.34. The van der Waals surface area contributed by atoms with E-state index in [4.69, 9.17) is 0 Å². The molecule has 2 N–H and O–H groups in total. The van der Waals surface area contributed by atoms with Gasteiger partial charge in [0, 0.05) is 41.0 Å². The molecule has 1 aliphatic heterocycles. The van der Waals surface area contributed by atoms with E-state index in [9.17, 15) is 27.9 Å². The van der Waals surface area contributed by atoms with Gasteiger partial charge >= 0.3 is 6.18 Å². The van der Waals surface area contributed by atoms with Crippen LogP contribution in [-0.2, 0) is 12.6 Å². The molecule has 34 heavy (non-hydrogen) atoms. The lowest BCUT2D eigenvalue weighted by Gasteiger charge is -2.21. The molecule has 178 valence electrons. The maximum absolute atomic E-state index is 13.6. The summed E-state index contributed by atoms with van der Waals surface area (Å²) in [6, 6.07) is 9.50. The minimum Gasteiger partial charge on any atom is -0.394 e. The lowest BCUT2D eigenvalue weighted by Crippen LogP contribution is -2.39. The maximum atomic E-state index is 13.6. The molecule has 3 heterocycles. The van der Waals surface area contributed by atoms with Crippen molar-refractivity contribution in [3.63, 3.8) is 0 Å². The van der Waals surface area contributed by atoms with Gasteiger partial charge in [-0.25, -0.2) is 0 Å². The second-order valence-electron chi connectivity index (χ2n) is 8.11. The summed E-state index contributed by atoms with van der Waals surface area (Å²) >= 11 is 1.34. The molecule has 10 heteroatoms. The Morgan fingerprint density at radius 3 is 2.71 bits per heavy atom. The summed E-state index contributed by atoms with van der Waals surface area (Å²) in [5.41, 5.74) is 0.116. The van der Waals surface area contributed by atoms with Crippen molar-refractivity contribution in [3.8, 4) is 5.69 Å². The van der Waals surface area contributed by atoms with Crippen molar-refractivity contribution >= 4 is 17.7 Å². The van der Waals surface area contributed by atoms with E-state index in [1.165, 1.54) is 23.9 Å². The maximum Gasteiger partial charge on any atom is 0.416 e. The zero-order chi connectivity index (χ0) is 24.6. The molecule has 2 unspecified atom stereocenters. The fourth-order valence-electron chi connectivity index (χ4n) is 3.98. The van der Waals surface area contributed by atoms with Crippen molar-refractivity contribution < 1.29 is 23.1 Å². The third-order valence-corrected chi connectivity index (χ3v) is 6.86. The van der Waals surface area contributed by atoms with E-state index < -0.39 is 29.1 Å². The summed E-state index contributed by atoms with van der Waals surface area (Å²) in [6.07, 6.45) is -2.75. The number of aliphatic hydroxyl groups is 1. The number of carbonyl (C=O) groups is 1. The number of hydrogen-bond acceptors (Lipinski definition) is 5. The van der Waals surface area contributed by atoms with Crippen molar-refractivity contribution in [2.45, 2.75) is 42.6 Å². The quantitative estimate of drug-likeness (QED) is 0.578. The van der Waals surface area contributed by atoms with Gasteiger partial charge in [-0.3, -0.25) is 14.6 Å². The number of aryl methyl sites for hydroxylation is 1. The lowest BCUT2D eigenvalue weighted by atomic mass is 10.0. The summed E-state index contributed by atoms with van der Waals surface area (Å²) in [5, 5.41) is 11.6. The van der Waals surface area contributed by atoms with Crippen LogP contribution in [0.25, 0.3) is 5.69 Å². The van der Waals surface area contributed by atoms with Crippen LogP contribution in [0.2, 0.25) is 0 Å². The number of rotatable bonds is 4. The average Bonchev–Trinajstić information content (AvgIpc) is 2.95. The van der Waals surface area contributed by atoms with Gasteiger partial charge in [0.15, 0.2) is 5.43 Å². The molecule has 0 saturated heterocycles. The number of thioether (sulfide) groups is 1. The van der Waals surface area contributed by atoms with Crippen molar-refractivity contribution in [2.24, 2.45) is 0 Å². The SMILES string of the molecule is Cc1cc(=O)c(C(=O)NC(C)CO)c2n1-c1cc(C(F)(F)F)ccc1SC(c1ccccn1)C2. The molecular weight excluding hydrogens is 467 g/mol. The van der Waals surface area contributed by atoms with Crippen LogP contribution in [0.1, 0.15) is 45.2 Å². The van der Waals surface area contributed by atoms with E-state index in [1.807, 2.05) is 0 Å². The standard InChI is InChI=1S/C24H22F3N3O3S/c1-13(12-31)29-23(33)22-18-11-21(16-5-3-4-8-28-16)34-20-7-6-15(24(25,26)27)10-17(20)30(18)14(2)9-19(22)32/h3-10,13,21,31H,11-12H2,1-2H3,(H,29,33). The summed E-state index contributed by atoms with van der Waals surface area (Å²) < 4.78 is 42.3. The number of carbonyl (C=O) groups excluding carboxylic acids is 1. The Morgan fingerprint density at radius 1 is 1.29 bits per heavy atom. The number of alkyl halides is 3. The topological polar surface area (TPSA) is 84.2 Å². The van der Waals surface area contributed by atoms with Gasteiger partial charge in [-0.2, -0.15) is 13.2 Å². The van der Waals surface area contributed by atoms with Gasteiger partial charge in [0.25, 0.3) is 5.91 Å². The second kappa shape index (κ2) is 9.27. The van der Waals surface area contributed by atoms with Crippen molar-refractivity contribution in [1.82, 2.24) is 14.9 Å². The Kier molecular flexibility index (Phi) is 6.55. The normalized spacial score (nSPS) is 16.2. The fraction of sp³-hybridized carbons (Fsp3) is 0.292. The van der Waals surface area contributed by atoms with Crippen molar-refractivity contribution in [1.29, 1.82) is 0 Å². The third-order valence-electron chi connectivity index (χ3n) is 5.57. The number of aliphatic hydroxyl groups excluding tert-OH is 1. The van der Waals surface area contributed by atoms with Crippen LogP contribution in [0.5, 0.6) is 0 Å². The van der Waals surface area contributed by atoms with Gasteiger partial charge in [-0.05, 0) is 44.2 Å². The number of aromatic nitrogens is 2. The summed E-state index contributed by atoms with van der Waals surface area (Å²) in [7, 11) is 0. The fourth-order valence-corrected chi connectivity index (χ4v) is 5.20. The molecule has 3 aromatic rings. The van der Waals surface area contributed by atoms with E-state index in [2.05, 4.69) is 10.3 Å². The minimum atomic E-state index is -4.56. The van der Waals surface area contributed by atoms with Crippen LogP contribution in [-0.4, -0.2) is 33.2 Å². The van der Waals surface area contributed by atoms with Gasteiger partial charge in [-0.1, -0.05) is 6.07 Å². The molecular formula is C24H22F3N3O3S. The van der Waals surface area contributed by atoms with E-state index in [1.54, 1.807) is 42.8 Å². The Hall–Kier alpha value is -3.11. The minimum absolute atomic E-state index is 0.155. The van der Waals surface area contributed by atoms with Crippen LogP contribution in [0, 0.1) is 6.92 Å². The first-order valence-electron chi connectivity index (χ1n) is 10.6. The Balaban J connectivity index is 2.00. The molecule has 1 aromatic carbocycles. The number of fused-ring (bicyclic) bond motifs is 3. The van der Waals surface area contributed by atoms with Gasteiger partial charge < -0.3 is 15.0 Å². The summed E-state index contributed by atoms with van der Waals surface area (Å²) in [4.78, 5) is 31.0. The first kappa shape index (κ1) is 24.0. The van der Waals surface area contributed by atoms with Gasteiger partial charge in [-0.15, -0.1) is 11.8 Å².